The third-order valence-electron chi connectivity index (χ3n) is 9.57. The van der Waals surface area contributed by atoms with E-state index in [2.05, 4.69) is 0 Å². The van der Waals surface area contributed by atoms with Gasteiger partial charge in [0, 0.05) is 11.3 Å². The Morgan fingerprint density at radius 3 is 1.68 bits per heavy atom. The van der Waals surface area contributed by atoms with E-state index in [0.29, 0.717) is 5.41 Å². The van der Waals surface area contributed by atoms with E-state index < -0.39 is 0 Å². The molecule has 0 N–H and O–H groups in total. The highest BCUT2D eigenvalue weighted by Crippen LogP contribution is 2.77. The Morgan fingerprint density at radius 1 is 0.591 bits per heavy atom. The molecule has 0 aromatic rings. The molecule has 1 heterocycles. The molecule has 2 nitrogen and oxygen atoms in total. The van der Waals surface area contributed by atoms with E-state index in [1.165, 1.54) is 32.1 Å². The highest BCUT2D eigenvalue weighted by Gasteiger charge is 2.79. The first-order valence-corrected chi connectivity index (χ1v) is 10.1. The van der Waals surface area contributed by atoms with Gasteiger partial charge in [0.2, 0.25) is 5.79 Å². The molecule has 2 unspecified atom stereocenters. The van der Waals surface area contributed by atoms with Crippen LogP contribution >= 0.6 is 0 Å². The van der Waals surface area contributed by atoms with E-state index in [1.54, 1.807) is 32.1 Å². The lowest BCUT2D eigenvalue weighted by atomic mass is 9.37. The van der Waals surface area contributed by atoms with Crippen molar-refractivity contribution < 1.29 is 9.78 Å². The molecule has 9 rings (SSSR count). The predicted molar refractivity (Wildman–Crippen MR) is 81.4 cm³/mol. The van der Waals surface area contributed by atoms with Gasteiger partial charge >= 0.3 is 0 Å². The van der Waals surface area contributed by atoms with Crippen molar-refractivity contribution in [2.24, 2.45) is 52.8 Å². The largest absolute Gasteiger partial charge is 0.242 e. The van der Waals surface area contributed by atoms with Crippen LogP contribution in [-0.4, -0.2) is 5.79 Å². The third-order valence-corrected chi connectivity index (χ3v) is 9.57. The van der Waals surface area contributed by atoms with Crippen molar-refractivity contribution in [1.82, 2.24) is 0 Å². The lowest BCUT2D eigenvalue weighted by molar-refractivity contribution is -0.215. The Balaban J connectivity index is 1.36. The minimum Gasteiger partial charge on any atom is -0.194 e. The molecule has 1 saturated heterocycles. The first-order valence-electron chi connectivity index (χ1n) is 10.1. The van der Waals surface area contributed by atoms with Gasteiger partial charge in [0.15, 0.2) is 0 Å². The number of rotatable bonds is 1. The van der Waals surface area contributed by atoms with Gasteiger partial charge in [0.05, 0.1) is 0 Å². The third kappa shape index (κ3) is 1.24. The summed E-state index contributed by atoms with van der Waals surface area (Å²) in [5, 5.41) is 0. The summed E-state index contributed by atoms with van der Waals surface area (Å²) in [6, 6.07) is 0. The van der Waals surface area contributed by atoms with Crippen molar-refractivity contribution >= 4 is 0 Å². The van der Waals surface area contributed by atoms with E-state index in [-0.39, 0.29) is 5.79 Å². The summed E-state index contributed by atoms with van der Waals surface area (Å²) >= 11 is 0. The zero-order chi connectivity index (χ0) is 14.1. The second kappa shape index (κ2) is 3.61. The molecule has 2 atom stereocenters. The molecule has 1 aliphatic heterocycles. The van der Waals surface area contributed by atoms with Crippen LogP contribution in [0.25, 0.3) is 0 Å². The van der Waals surface area contributed by atoms with Crippen molar-refractivity contribution in [2.45, 2.75) is 70.0 Å². The second-order valence-electron chi connectivity index (χ2n) is 10.5. The van der Waals surface area contributed by atoms with Gasteiger partial charge in [-0.1, -0.05) is 0 Å². The molecule has 0 radical (unpaired) electrons. The first-order chi connectivity index (χ1) is 10.8. The normalized spacial score (nSPS) is 65.5. The lowest BCUT2D eigenvalue weighted by Gasteiger charge is -2.67. The minimum atomic E-state index is -0.0968. The van der Waals surface area contributed by atoms with Gasteiger partial charge in [0.25, 0.3) is 0 Å². The number of hydrogen-bond acceptors (Lipinski definition) is 2. The molecule has 9 aliphatic rings. The van der Waals surface area contributed by atoms with Crippen molar-refractivity contribution in [3.05, 3.63) is 0 Å². The van der Waals surface area contributed by atoms with E-state index in [1.807, 2.05) is 0 Å². The average Bonchev–Trinajstić information content (AvgIpc) is 3.25. The maximum absolute atomic E-state index is 5.93. The van der Waals surface area contributed by atoms with Gasteiger partial charge < -0.3 is 0 Å². The molecular formula is C20H28O2. The fraction of sp³-hybridized carbons (Fsp3) is 1.00. The van der Waals surface area contributed by atoms with Crippen LogP contribution in [0.15, 0.2) is 0 Å². The van der Waals surface area contributed by atoms with Crippen LogP contribution in [0.1, 0.15) is 64.2 Å². The zero-order valence-corrected chi connectivity index (χ0v) is 13.5. The molecule has 8 aliphatic carbocycles. The molecule has 0 amide bonds. The van der Waals surface area contributed by atoms with Gasteiger partial charge in [-0.25, -0.2) is 0 Å². The Bertz CT molecular complexity index is 494. The van der Waals surface area contributed by atoms with Gasteiger partial charge in [-0.2, -0.15) is 9.78 Å². The van der Waals surface area contributed by atoms with Crippen LogP contribution in [0.5, 0.6) is 0 Å². The molecule has 120 valence electrons. The summed E-state index contributed by atoms with van der Waals surface area (Å²) in [5.41, 5.74) is 0.435. The Labute approximate surface area is 133 Å². The van der Waals surface area contributed by atoms with Crippen molar-refractivity contribution in [3.63, 3.8) is 0 Å². The molecule has 0 aromatic carbocycles. The molecule has 22 heavy (non-hydrogen) atoms. The van der Waals surface area contributed by atoms with Gasteiger partial charge in [0.1, 0.15) is 0 Å². The summed E-state index contributed by atoms with van der Waals surface area (Å²) in [4.78, 5) is 11.9. The summed E-state index contributed by atoms with van der Waals surface area (Å²) < 4.78 is 0. The van der Waals surface area contributed by atoms with Crippen LogP contribution in [-0.2, 0) is 9.78 Å². The van der Waals surface area contributed by atoms with Crippen LogP contribution < -0.4 is 0 Å². The maximum Gasteiger partial charge on any atom is 0.242 e. The molecule has 8 saturated carbocycles. The minimum absolute atomic E-state index is 0.0968. The quantitative estimate of drug-likeness (QED) is 0.524. The molecule has 0 aromatic heterocycles. The van der Waals surface area contributed by atoms with E-state index in [4.69, 9.17) is 9.78 Å². The zero-order valence-electron chi connectivity index (χ0n) is 13.5. The van der Waals surface area contributed by atoms with Gasteiger partial charge in [-0.3, -0.25) is 0 Å². The Kier molecular flexibility index (Phi) is 2.02. The summed E-state index contributed by atoms with van der Waals surface area (Å²) in [5.74, 6) is 7.84. The predicted octanol–water partition coefficient (Wildman–Crippen LogP) is 4.54. The molecule has 1 spiro atoms. The van der Waals surface area contributed by atoms with Crippen molar-refractivity contribution in [3.8, 4) is 0 Å². The molecule has 8 bridgehead atoms. The standard InChI is InChI=1S/C20H28O2/c1-11-3-15-5-12(1)6-16(4-11)18(15)19-9-13-2-14(10-19)8-17(7-13)20(19)21-22-20/h11-18H,1-10H2. The monoisotopic (exact) mass is 300 g/mol. The van der Waals surface area contributed by atoms with Gasteiger partial charge in [-0.05, 0) is 106 Å². The fourth-order valence-electron chi connectivity index (χ4n) is 9.69. The van der Waals surface area contributed by atoms with Crippen LogP contribution in [0.2, 0.25) is 0 Å². The fourth-order valence-corrected chi connectivity index (χ4v) is 9.69. The van der Waals surface area contributed by atoms with Crippen molar-refractivity contribution in [1.29, 1.82) is 0 Å². The van der Waals surface area contributed by atoms with Crippen LogP contribution in [0, 0.1) is 52.8 Å². The summed E-state index contributed by atoms with van der Waals surface area (Å²) in [6.07, 6.45) is 15.0. The Hall–Kier alpha value is -0.0800. The SMILES string of the molecule is C1C2CC3CC1CC(C2)C3C12CC3CC(CC(C3)C13OO3)C2. The van der Waals surface area contributed by atoms with Gasteiger partial charge in [-0.15, -0.1) is 0 Å². The summed E-state index contributed by atoms with van der Waals surface area (Å²) in [6.45, 7) is 0. The van der Waals surface area contributed by atoms with Crippen molar-refractivity contribution in [2.75, 3.05) is 0 Å². The average molecular weight is 300 g/mol. The van der Waals surface area contributed by atoms with Crippen LogP contribution in [0.4, 0.5) is 0 Å². The topological polar surface area (TPSA) is 25.1 Å². The van der Waals surface area contributed by atoms with E-state index >= 15 is 0 Å². The Morgan fingerprint density at radius 2 is 1.14 bits per heavy atom. The van der Waals surface area contributed by atoms with E-state index in [9.17, 15) is 0 Å². The smallest absolute Gasteiger partial charge is 0.194 e. The van der Waals surface area contributed by atoms with Crippen LogP contribution in [0.3, 0.4) is 0 Å². The molecule has 9 fully saturated rings. The molecular weight excluding hydrogens is 272 g/mol. The summed E-state index contributed by atoms with van der Waals surface area (Å²) in [7, 11) is 0. The highest BCUT2D eigenvalue weighted by atomic mass is 17.4. The highest BCUT2D eigenvalue weighted by molar-refractivity contribution is 5.19. The maximum atomic E-state index is 5.93. The lowest BCUT2D eigenvalue weighted by Crippen LogP contribution is -2.65. The van der Waals surface area contributed by atoms with E-state index in [0.717, 1.165) is 47.3 Å². The molecule has 2 heteroatoms. The first kappa shape index (κ1) is 12.3. The second-order valence-corrected chi connectivity index (χ2v) is 10.5. The number of hydrogen-bond donors (Lipinski definition) is 0.